The molecule has 27 heavy (non-hydrogen) atoms. The summed E-state index contributed by atoms with van der Waals surface area (Å²) in [5.41, 5.74) is 2.13. The quantitative estimate of drug-likeness (QED) is 0.624. The Bertz CT molecular complexity index is 906. The highest BCUT2D eigenvalue weighted by atomic mass is 79.9. The van der Waals surface area contributed by atoms with Gasteiger partial charge in [0.25, 0.3) is 0 Å². The predicted octanol–water partition coefficient (Wildman–Crippen LogP) is 4.16. The molecule has 0 fully saturated rings. The van der Waals surface area contributed by atoms with E-state index in [0.29, 0.717) is 37.1 Å². The number of halogens is 2. The zero-order chi connectivity index (χ0) is 19.6. The van der Waals surface area contributed by atoms with E-state index >= 15 is 0 Å². The Morgan fingerprint density at radius 3 is 2.26 bits per heavy atom. The second kappa shape index (κ2) is 8.14. The molecule has 0 aromatic heterocycles. The molecule has 0 radical (unpaired) electrons. The zero-order valence-electron chi connectivity index (χ0n) is 14.5. The van der Waals surface area contributed by atoms with Crippen LogP contribution in [0.1, 0.15) is 17.2 Å². The fourth-order valence-corrected chi connectivity index (χ4v) is 4.46. The van der Waals surface area contributed by atoms with E-state index in [2.05, 4.69) is 42.5 Å². The van der Waals surface area contributed by atoms with Gasteiger partial charge in [0.05, 0.1) is 40.5 Å². The van der Waals surface area contributed by atoms with Crippen molar-refractivity contribution < 1.29 is 19.1 Å². The average molecular weight is 496 g/mol. The summed E-state index contributed by atoms with van der Waals surface area (Å²) in [5, 5.41) is 5.53. The van der Waals surface area contributed by atoms with Crippen LogP contribution in [0.2, 0.25) is 0 Å². The maximum Gasteiger partial charge on any atom is 0.338 e. The molecular formula is C19H16Br2N2O4. The molecule has 0 bridgehead atoms. The molecule has 1 aliphatic heterocycles. The summed E-state index contributed by atoms with van der Waals surface area (Å²) in [7, 11) is 2.87. The molecule has 0 spiro atoms. The number of esters is 1. The monoisotopic (exact) mass is 494 g/mol. The number of benzene rings is 2. The van der Waals surface area contributed by atoms with Gasteiger partial charge in [-0.2, -0.15) is 0 Å². The fraction of sp³-hybridized carbons (Fsp3) is 0.158. The van der Waals surface area contributed by atoms with Gasteiger partial charge in [-0.05, 0) is 55.1 Å². The number of carbonyl (C=O) groups excluding carboxylic acids is 2. The maximum atomic E-state index is 12.6. The molecule has 1 atom stereocenters. The summed E-state index contributed by atoms with van der Waals surface area (Å²) in [6, 6.07) is 11.7. The van der Waals surface area contributed by atoms with Crippen molar-refractivity contribution in [1.29, 1.82) is 0 Å². The van der Waals surface area contributed by atoms with Crippen molar-refractivity contribution in [3.8, 4) is 5.75 Å². The second-order valence-electron chi connectivity index (χ2n) is 5.70. The van der Waals surface area contributed by atoms with Crippen LogP contribution in [0, 0.1) is 0 Å². The molecule has 1 aliphatic rings. The minimum absolute atomic E-state index is 0.312. The Labute approximate surface area is 173 Å². The van der Waals surface area contributed by atoms with Crippen molar-refractivity contribution in [2.75, 3.05) is 14.2 Å². The Balaban J connectivity index is 2.21. The number of nitrogens with one attached hydrogen (secondary N) is 2. The summed E-state index contributed by atoms with van der Waals surface area (Å²) in [5.74, 6) is 0.0836. The van der Waals surface area contributed by atoms with E-state index in [9.17, 15) is 9.59 Å². The molecule has 8 heteroatoms. The van der Waals surface area contributed by atoms with Gasteiger partial charge in [0.2, 0.25) is 0 Å². The van der Waals surface area contributed by atoms with Gasteiger partial charge in [-0.1, -0.05) is 30.3 Å². The lowest BCUT2D eigenvalue weighted by atomic mass is 9.92. The molecule has 1 unspecified atom stereocenters. The highest BCUT2D eigenvalue weighted by Gasteiger charge is 2.34. The molecule has 0 saturated carbocycles. The summed E-state index contributed by atoms with van der Waals surface area (Å²) < 4.78 is 11.7. The number of carbonyl (C=O) groups is 2. The SMILES string of the molecule is COC(=O)C1=C(c2ccccc2)NC(=O)NC1c1cc(Br)c(OC)c(Br)c1. The van der Waals surface area contributed by atoms with Crippen LogP contribution in [-0.2, 0) is 9.53 Å². The average Bonchev–Trinajstić information content (AvgIpc) is 2.67. The second-order valence-corrected chi connectivity index (χ2v) is 7.40. The van der Waals surface area contributed by atoms with Gasteiger partial charge >= 0.3 is 12.0 Å². The van der Waals surface area contributed by atoms with Gasteiger partial charge in [0.1, 0.15) is 5.75 Å². The van der Waals surface area contributed by atoms with Crippen molar-refractivity contribution in [3.05, 3.63) is 68.1 Å². The molecule has 6 nitrogen and oxygen atoms in total. The lowest BCUT2D eigenvalue weighted by molar-refractivity contribution is -0.136. The number of ether oxygens (including phenoxy) is 2. The molecule has 2 N–H and O–H groups in total. The summed E-state index contributed by atoms with van der Waals surface area (Å²) in [6.45, 7) is 0. The highest BCUT2D eigenvalue weighted by molar-refractivity contribution is 9.11. The number of amides is 2. The first kappa shape index (κ1) is 19.4. The van der Waals surface area contributed by atoms with Crippen molar-refractivity contribution in [1.82, 2.24) is 10.6 Å². The van der Waals surface area contributed by atoms with E-state index in [1.807, 2.05) is 30.3 Å². The van der Waals surface area contributed by atoms with Gasteiger partial charge in [0, 0.05) is 0 Å². The largest absolute Gasteiger partial charge is 0.494 e. The smallest absolute Gasteiger partial charge is 0.338 e. The van der Waals surface area contributed by atoms with Crippen LogP contribution < -0.4 is 15.4 Å². The van der Waals surface area contributed by atoms with Crippen LogP contribution in [0.5, 0.6) is 5.75 Å². The summed E-state index contributed by atoms with van der Waals surface area (Å²) in [4.78, 5) is 24.9. The van der Waals surface area contributed by atoms with Crippen molar-refractivity contribution in [2.24, 2.45) is 0 Å². The first-order valence-corrected chi connectivity index (χ1v) is 9.53. The standard InChI is InChI=1S/C19H16Br2N2O4/c1-26-17-12(20)8-11(9-13(17)21)16-14(18(24)27-2)15(22-19(25)23-16)10-6-4-3-5-7-10/h3-9,16H,1-2H3,(H2,22,23,25). The topological polar surface area (TPSA) is 76.7 Å². The van der Waals surface area contributed by atoms with Crippen LogP contribution in [0.15, 0.2) is 57.0 Å². The minimum Gasteiger partial charge on any atom is -0.494 e. The summed E-state index contributed by atoms with van der Waals surface area (Å²) >= 11 is 6.92. The maximum absolute atomic E-state index is 12.6. The van der Waals surface area contributed by atoms with Gasteiger partial charge < -0.3 is 20.1 Å². The number of rotatable bonds is 4. The van der Waals surface area contributed by atoms with Gasteiger partial charge in [-0.3, -0.25) is 0 Å². The van der Waals surface area contributed by atoms with Crippen LogP contribution in [0.4, 0.5) is 4.79 Å². The van der Waals surface area contributed by atoms with Crippen LogP contribution in [-0.4, -0.2) is 26.2 Å². The number of urea groups is 1. The lowest BCUT2D eigenvalue weighted by Crippen LogP contribution is -2.45. The van der Waals surface area contributed by atoms with E-state index in [1.54, 1.807) is 19.2 Å². The molecule has 2 aromatic carbocycles. The van der Waals surface area contributed by atoms with E-state index in [-0.39, 0.29) is 0 Å². The third-order valence-electron chi connectivity index (χ3n) is 4.10. The van der Waals surface area contributed by atoms with Crippen LogP contribution in [0.3, 0.4) is 0 Å². The number of hydrogen-bond donors (Lipinski definition) is 2. The van der Waals surface area contributed by atoms with Crippen LogP contribution in [0.25, 0.3) is 5.70 Å². The van der Waals surface area contributed by atoms with E-state index < -0.39 is 18.0 Å². The van der Waals surface area contributed by atoms with Gasteiger partial charge in [-0.15, -0.1) is 0 Å². The first-order chi connectivity index (χ1) is 13.0. The Morgan fingerprint density at radius 1 is 1.07 bits per heavy atom. The third kappa shape index (κ3) is 3.86. The zero-order valence-corrected chi connectivity index (χ0v) is 17.7. The molecule has 2 amide bonds. The van der Waals surface area contributed by atoms with E-state index in [0.717, 1.165) is 0 Å². The Hall–Kier alpha value is -2.32. The number of hydrogen-bond acceptors (Lipinski definition) is 4. The molecule has 140 valence electrons. The highest BCUT2D eigenvalue weighted by Crippen LogP contribution is 2.39. The van der Waals surface area contributed by atoms with Crippen LogP contribution >= 0.6 is 31.9 Å². The van der Waals surface area contributed by atoms with Gasteiger partial charge in [0.15, 0.2) is 0 Å². The molecule has 0 aliphatic carbocycles. The van der Waals surface area contributed by atoms with Crippen molar-refractivity contribution in [2.45, 2.75) is 6.04 Å². The predicted molar refractivity (Wildman–Crippen MR) is 108 cm³/mol. The molecule has 1 heterocycles. The van der Waals surface area contributed by atoms with E-state index in [1.165, 1.54) is 7.11 Å². The van der Waals surface area contributed by atoms with Gasteiger partial charge in [-0.25, -0.2) is 9.59 Å². The Kier molecular flexibility index (Phi) is 5.86. The molecule has 0 saturated heterocycles. The van der Waals surface area contributed by atoms with Crippen molar-refractivity contribution >= 4 is 49.6 Å². The third-order valence-corrected chi connectivity index (χ3v) is 5.28. The summed E-state index contributed by atoms with van der Waals surface area (Å²) in [6.07, 6.45) is 0. The molecule has 3 rings (SSSR count). The fourth-order valence-electron chi connectivity index (χ4n) is 2.92. The Morgan fingerprint density at radius 2 is 1.70 bits per heavy atom. The first-order valence-electron chi connectivity index (χ1n) is 7.94. The molecular weight excluding hydrogens is 480 g/mol. The molecule has 2 aromatic rings. The number of methoxy groups -OCH3 is 2. The van der Waals surface area contributed by atoms with Crippen molar-refractivity contribution in [3.63, 3.8) is 0 Å². The normalized spacial score (nSPS) is 16.4. The minimum atomic E-state index is -0.695. The lowest BCUT2D eigenvalue weighted by Gasteiger charge is -2.29. The van der Waals surface area contributed by atoms with E-state index in [4.69, 9.17) is 9.47 Å².